The van der Waals surface area contributed by atoms with Crippen molar-refractivity contribution in [3.63, 3.8) is 0 Å². The lowest BCUT2D eigenvalue weighted by Gasteiger charge is -2.09. The summed E-state index contributed by atoms with van der Waals surface area (Å²) < 4.78 is 10.2. The van der Waals surface area contributed by atoms with Crippen molar-refractivity contribution in [3.05, 3.63) is 42.6 Å². The zero-order valence-corrected chi connectivity index (χ0v) is 15.1. The molecule has 0 radical (unpaired) electrons. The van der Waals surface area contributed by atoms with Gasteiger partial charge in [0.2, 0.25) is 17.7 Å². The number of anilines is 3. The molecule has 1 amide bonds. The van der Waals surface area contributed by atoms with E-state index in [2.05, 4.69) is 30.6 Å². The lowest BCUT2D eigenvalue weighted by molar-refractivity contribution is -0.114. The highest BCUT2D eigenvalue weighted by Gasteiger charge is 2.10. The van der Waals surface area contributed by atoms with Crippen molar-refractivity contribution in [1.29, 1.82) is 0 Å². The van der Waals surface area contributed by atoms with Gasteiger partial charge in [0, 0.05) is 36.1 Å². The number of rotatable bonds is 6. The van der Waals surface area contributed by atoms with E-state index in [4.69, 9.17) is 9.47 Å². The van der Waals surface area contributed by atoms with Gasteiger partial charge in [0.25, 0.3) is 0 Å². The topological polar surface area (TPSA) is 111 Å². The van der Waals surface area contributed by atoms with Crippen molar-refractivity contribution in [3.8, 4) is 23.3 Å². The third kappa shape index (κ3) is 4.66. The number of hydrogen-bond donors (Lipinski definition) is 2. The van der Waals surface area contributed by atoms with E-state index in [-0.39, 0.29) is 11.9 Å². The molecule has 9 heteroatoms. The maximum Gasteiger partial charge on any atom is 0.321 e. The van der Waals surface area contributed by atoms with Gasteiger partial charge < -0.3 is 20.1 Å². The van der Waals surface area contributed by atoms with Crippen molar-refractivity contribution >= 4 is 23.2 Å². The Kier molecular flexibility index (Phi) is 5.41. The summed E-state index contributed by atoms with van der Waals surface area (Å²) in [5, 5.41) is 5.80. The van der Waals surface area contributed by atoms with Crippen LogP contribution in [0.15, 0.2) is 42.6 Å². The summed E-state index contributed by atoms with van der Waals surface area (Å²) in [6, 6.07) is 10.8. The van der Waals surface area contributed by atoms with Crippen molar-refractivity contribution in [1.82, 2.24) is 19.9 Å². The fraction of sp³-hybridized carbons (Fsp3) is 0.167. The fourth-order valence-corrected chi connectivity index (χ4v) is 2.24. The van der Waals surface area contributed by atoms with Crippen molar-refractivity contribution in [2.75, 3.05) is 24.9 Å². The van der Waals surface area contributed by atoms with Gasteiger partial charge in [-0.15, -0.1) is 0 Å². The Balaban J connectivity index is 1.85. The van der Waals surface area contributed by atoms with Crippen LogP contribution in [0.1, 0.15) is 6.92 Å². The molecule has 0 saturated heterocycles. The van der Waals surface area contributed by atoms with Crippen LogP contribution in [0.3, 0.4) is 0 Å². The van der Waals surface area contributed by atoms with Gasteiger partial charge in [-0.3, -0.25) is 4.79 Å². The highest BCUT2D eigenvalue weighted by molar-refractivity contribution is 5.88. The Bertz CT molecular complexity index is 929. The smallest absolute Gasteiger partial charge is 0.321 e. The van der Waals surface area contributed by atoms with Gasteiger partial charge >= 0.3 is 6.01 Å². The zero-order chi connectivity index (χ0) is 19.2. The second-order valence-electron chi connectivity index (χ2n) is 5.44. The van der Waals surface area contributed by atoms with Crippen LogP contribution in [-0.4, -0.2) is 40.1 Å². The molecule has 0 spiro atoms. The average molecular weight is 366 g/mol. The van der Waals surface area contributed by atoms with Crippen LogP contribution in [0.5, 0.6) is 11.9 Å². The van der Waals surface area contributed by atoms with Crippen molar-refractivity contribution in [2.24, 2.45) is 0 Å². The minimum absolute atomic E-state index is 0.129. The summed E-state index contributed by atoms with van der Waals surface area (Å²) in [5.74, 6) is 1.10. The second kappa shape index (κ2) is 8.09. The number of nitrogens with zero attached hydrogens (tertiary/aromatic N) is 4. The molecule has 2 heterocycles. The molecule has 27 heavy (non-hydrogen) atoms. The number of pyridine rings is 1. The van der Waals surface area contributed by atoms with Crippen LogP contribution in [0.2, 0.25) is 0 Å². The summed E-state index contributed by atoms with van der Waals surface area (Å²) >= 11 is 0. The van der Waals surface area contributed by atoms with E-state index in [1.807, 2.05) is 0 Å². The van der Waals surface area contributed by atoms with E-state index in [1.54, 1.807) is 49.7 Å². The number of carbonyl (C=O) groups is 1. The molecule has 9 nitrogen and oxygen atoms in total. The van der Waals surface area contributed by atoms with Gasteiger partial charge in [0.05, 0.1) is 14.2 Å². The summed E-state index contributed by atoms with van der Waals surface area (Å²) in [6.07, 6.45) is 1.61. The zero-order valence-electron chi connectivity index (χ0n) is 15.1. The lowest BCUT2D eigenvalue weighted by atomic mass is 10.2. The number of amides is 1. The van der Waals surface area contributed by atoms with E-state index in [0.29, 0.717) is 28.9 Å². The summed E-state index contributed by atoms with van der Waals surface area (Å²) in [4.78, 5) is 28.1. The molecular weight excluding hydrogens is 348 g/mol. The first-order valence-electron chi connectivity index (χ1n) is 8.02. The quantitative estimate of drug-likeness (QED) is 0.685. The minimum atomic E-state index is -0.129. The van der Waals surface area contributed by atoms with E-state index >= 15 is 0 Å². The Hall–Kier alpha value is -3.75. The van der Waals surface area contributed by atoms with Gasteiger partial charge in [-0.2, -0.15) is 15.0 Å². The van der Waals surface area contributed by atoms with E-state index < -0.39 is 0 Å². The normalized spacial score (nSPS) is 10.2. The SMILES string of the molecule is COc1ccc(-c2nc(Nc3ccc(NC(C)=O)cc3)nc(OC)n2)cn1. The molecule has 138 valence electrons. The number of hydrogen-bond acceptors (Lipinski definition) is 8. The molecule has 1 aromatic carbocycles. The van der Waals surface area contributed by atoms with Crippen molar-refractivity contribution < 1.29 is 14.3 Å². The first-order chi connectivity index (χ1) is 13.1. The lowest BCUT2D eigenvalue weighted by Crippen LogP contribution is -2.06. The minimum Gasteiger partial charge on any atom is -0.481 e. The summed E-state index contributed by atoms with van der Waals surface area (Å²) in [7, 11) is 3.03. The predicted octanol–water partition coefficient (Wildman–Crippen LogP) is 2.65. The molecule has 0 fully saturated rings. The van der Waals surface area contributed by atoms with Gasteiger partial charge in [-0.25, -0.2) is 4.98 Å². The first-order valence-corrected chi connectivity index (χ1v) is 8.02. The third-order valence-corrected chi connectivity index (χ3v) is 3.46. The molecule has 0 unspecified atom stereocenters. The Morgan fingerprint density at radius 1 is 0.926 bits per heavy atom. The summed E-state index contributed by atoms with van der Waals surface area (Å²) in [5.41, 5.74) is 2.14. The van der Waals surface area contributed by atoms with Gasteiger partial charge in [0.1, 0.15) is 0 Å². The maximum atomic E-state index is 11.1. The number of methoxy groups -OCH3 is 2. The molecular formula is C18H18N6O3. The van der Waals surface area contributed by atoms with Crippen molar-refractivity contribution in [2.45, 2.75) is 6.92 Å². The van der Waals surface area contributed by atoms with E-state index in [1.165, 1.54) is 14.0 Å². The third-order valence-electron chi connectivity index (χ3n) is 3.46. The second-order valence-corrected chi connectivity index (χ2v) is 5.44. The molecule has 0 saturated carbocycles. The predicted molar refractivity (Wildman–Crippen MR) is 100 cm³/mol. The standard InChI is InChI=1S/C18H18N6O3/c1-11(25)20-13-5-7-14(8-6-13)21-17-22-16(23-18(24-17)27-3)12-4-9-15(26-2)19-10-12/h4-10H,1-3H3,(H,20,25)(H,21,22,23,24). The largest absolute Gasteiger partial charge is 0.481 e. The van der Waals surface area contributed by atoms with E-state index in [0.717, 1.165) is 5.69 Å². The van der Waals surface area contributed by atoms with Crippen LogP contribution < -0.4 is 20.1 Å². The highest BCUT2D eigenvalue weighted by atomic mass is 16.5. The number of nitrogens with one attached hydrogen (secondary N) is 2. The Morgan fingerprint density at radius 3 is 2.26 bits per heavy atom. The van der Waals surface area contributed by atoms with Crippen LogP contribution >= 0.6 is 0 Å². The number of benzene rings is 1. The molecule has 2 N–H and O–H groups in total. The average Bonchev–Trinajstić information content (AvgIpc) is 2.69. The van der Waals surface area contributed by atoms with Crippen LogP contribution in [0, 0.1) is 0 Å². The van der Waals surface area contributed by atoms with Gasteiger partial charge in [-0.05, 0) is 30.3 Å². The molecule has 3 aromatic rings. The monoisotopic (exact) mass is 366 g/mol. The summed E-state index contributed by atoms with van der Waals surface area (Å²) in [6.45, 7) is 1.46. The number of carbonyl (C=O) groups excluding carboxylic acids is 1. The van der Waals surface area contributed by atoms with Crippen LogP contribution in [-0.2, 0) is 4.79 Å². The Morgan fingerprint density at radius 2 is 1.67 bits per heavy atom. The molecule has 0 bridgehead atoms. The van der Waals surface area contributed by atoms with Crippen LogP contribution in [0.4, 0.5) is 17.3 Å². The maximum absolute atomic E-state index is 11.1. The van der Waals surface area contributed by atoms with Gasteiger partial charge in [-0.1, -0.05) is 0 Å². The van der Waals surface area contributed by atoms with Gasteiger partial charge in [0.15, 0.2) is 5.82 Å². The Labute approximate surface area is 155 Å². The van der Waals surface area contributed by atoms with E-state index in [9.17, 15) is 4.79 Å². The first kappa shape index (κ1) is 18.1. The molecule has 2 aromatic heterocycles. The molecule has 0 aliphatic carbocycles. The molecule has 0 aliphatic rings. The molecule has 0 atom stereocenters. The highest BCUT2D eigenvalue weighted by Crippen LogP contribution is 2.22. The number of aromatic nitrogens is 4. The molecule has 3 rings (SSSR count). The molecule has 0 aliphatic heterocycles. The number of ether oxygens (including phenoxy) is 2. The fourth-order valence-electron chi connectivity index (χ4n) is 2.24. The van der Waals surface area contributed by atoms with Crippen LogP contribution in [0.25, 0.3) is 11.4 Å².